The van der Waals surface area contributed by atoms with Crippen molar-refractivity contribution in [1.82, 2.24) is 19.7 Å². The number of carbonyl (C=O) groups excluding carboxylic acids is 1. The van der Waals surface area contributed by atoms with Gasteiger partial charge in [0.15, 0.2) is 5.16 Å². The quantitative estimate of drug-likeness (QED) is 0.550. The molecule has 1 heterocycles. The monoisotopic (exact) mass is 428 g/mol. The summed E-state index contributed by atoms with van der Waals surface area (Å²) in [5.74, 6) is 1.99. The van der Waals surface area contributed by atoms with Gasteiger partial charge in [-0.1, -0.05) is 43.2 Å². The molecule has 5 rings (SSSR count). The molecule has 0 radical (unpaired) electrons. The first-order valence-corrected chi connectivity index (χ1v) is 12.3. The molecule has 0 bridgehead atoms. The van der Waals surface area contributed by atoms with Crippen molar-refractivity contribution in [2.45, 2.75) is 87.5 Å². The summed E-state index contributed by atoms with van der Waals surface area (Å²) in [4.78, 5) is 15.3. The Labute approximate surface area is 181 Å². The van der Waals surface area contributed by atoms with E-state index in [0.717, 1.165) is 29.4 Å². The Kier molecular flexibility index (Phi) is 5.81. The Morgan fingerprint density at radius 1 is 1.03 bits per heavy atom. The molecule has 2 aromatic rings. The zero-order valence-electron chi connectivity index (χ0n) is 17.3. The molecule has 3 saturated carbocycles. The van der Waals surface area contributed by atoms with E-state index in [1.165, 1.54) is 68.8 Å². The number of halogens is 1. The minimum atomic E-state index is -0.240. The molecule has 5 nitrogen and oxygen atoms in total. The van der Waals surface area contributed by atoms with Gasteiger partial charge >= 0.3 is 0 Å². The highest BCUT2D eigenvalue weighted by Crippen LogP contribution is 2.46. The maximum atomic E-state index is 13.3. The number of carbonyl (C=O) groups is 1. The number of rotatable bonds is 8. The highest BCUT2D eigenvalue weighted by atomic mass is 32.2. The van der Waals surface area contributed by atoms with Crippen LogP contribution in [0.15, 0.2) is 29.4 Å². The molecule has 0 unspecified atom stereocenters. The molecule has 160 valence electrons. The van der Waals surface area contributed by atoms with E-state index >= 15 is 0 Å². The number of benzene rings is 1. The Bertz CT molecular complexity index is 885. The highest BCUT2D eigenvalue weighted by Gasteiger charge is 2.36. The fourth-order valence-corrected chi connectivity index (χ4v) is 5.39. The van der Waals surface area contributed by atoms with Gasteiger partial charge in [0.05, 0.1) is 5.75 Å². The van der Waals surface area contributed by atoms with Gasteiger partial charge in [0.1, 0.15) is 11.6 Å². The minimum Gasteiger partial charge on any atom is -0.335 e. The van der Waals surface area contributed by atoms with Crippen molar-refractivity contribution in [1.29, 1.82) is 0 Å². The van der Waals surface area contributed by atoms with Crippen LogP contribution in [-0.2, 0) is 11.3 Å². The summed E-state index contributed by atoms with van der Waals surface area (Å²) in [5, 5.41) is 9.80. The van der Waals surface area contributed by atoms with Gasteiger partial charge in [-0.15, -0.1) is 10.2 Å². The minimum absolute atomic E-state index is 0.148. The van der Waals surface area contributed by atoms with Crippen LogP contribution in [0.2, 0.25) is 0 Å². The van der Waals surface area contributed by atoms with Gasteiger partial charge in [0.2, 0.25) is 5.91 Å². The van der Waals surface area contributed by atoms with Crippen molar-refractivity contribution in [2.24, 2.45) is 0 Å². The van der Waals surface area contributed by atoms with Crippen LogP contribution in [0, 0.1) is 5.82 Å². The average molecular weight is 429 g/mol. The van der Waals surface area contributed by atoms with Crippen molar-refractivity contribution < 1.29 is 9.18 Å². The molecule has 0 aliphatic heterocycles. The largest absolute Gasteiger partial charge is 0.335 e. The van der Waals surface area contributed by atoms with Gasteiger partial charge < -0.3 is 9.47 Å². The van der Waals surface area contributed by atoms with Gasteiger partial charge in [0.25, 0.3) is 0 Å². The SMILES string of the molecule is O=C(CSc1nnc(C2CC2)n1C1CC1)N(Cc1ccc(F)cc1)C1CCCCC1. The first-order chi connectivity index (χ1) is 14.7. The molecule has 0 atom stereocenters. The number of amides is 1. The standard InChI is InChI=1S/C23H29FN4OS/c24-18-10-6-16(7-11-18)14-27(19-4-2-1-3-5-19)21(29)15-30-23-26-25-22(17-8-9-17)28(23)20-12-13-20/h6-7,10-11,17,19-20H,1-5,8-9,12-15H2. The fraction of sp³-hybridized carbons (Fsp3) is 0.609. The van der Waals surface area contributed by atoms with Crippen molar-refractivity contribution in [3.05, 3.63) is 41.5 Å². The average Bonchev–Trinajstić information content (AvgIpc) is 3.71. The van der Waals surface area contributed by atoms with Crippen LogP contribution in [0.3, 0.4) is 0 Å². The fourth-order valence-electron chi connectivity index (χ4n) is 4.49. The van der Waals surface area contributed by atoms with Crippen molar-refractivity contribution in [3.63, 3.8) is 0 Å². The van der Waals surface area contributed by atoms with Crippen LogP contribution >= 0.6 is 11.8 Å². The van der Waals surface area contributed by atoms with E-state index < -0.39 is 0 Å². The van der Waals surface area contributed by atoms with Gasteiger partial charge in [-0.25, -0.2) is 4.39 Å². The first kappa shape index (κ1) is 20.0. The highest BCUT2D eigenvalue weighted by molar-refractivity contribution is 7.99. The molecule has 3 aliphatic carbocycles. The molecule has 0 saturated heterocycles. The van der Waals surface area contributed by atoms with Crippen LogP contribution in [0.5, 0.6) is 0 Å². The van der Waals surface area contributed by atoms with Crippen molar-refractivity contribution in [3.8, 4) is 0 Å². The lowest BCUT2D eigenvalue weighted by Crippen LogP contribution is -2.42. The summed E-state index contributed by atoms with van der Waals surface area (Å²) in [6.45, 7) is 0.549. The van der Waals surface area contributed by atoms with Gasteiger partial charge in [-0.05, 0) is 56.2 Å². The van der Waals surface area contributed by atoms with Gasteiger partial charge in [-0.3, -0.25) is 4.79 Å². The molecular weight excluding hydrogens is 399 g/mol. The van der Waals surface area contributed by atoms with E-state index in [9.17, 15) is 9.18 Å². The third kappa shape index (κ3) is 4.56. The molecule has 1 aromatic heterocycles. The number of nitrogens with zero attached hydrogens (tertiary/aromatic N) is 4. The van der Waals surface area contributed by atoms with E-state index in [0.29, 0.717) is 24.3 Å². The van der Waals surface area contributed by atoms with E-state index in [2.05, 4.69) is 14.8 Å². The molecule has 30 heavy (non-hydrogen) atoms. The van der Waals surface area contributed by atoms with Gasteiger partial charge in [-0.2, -0.15) is 0 Å². The molecule has 1 amide bonds. The second-order valence-corrected chi connectivity index (χ2v) is 9.89. The van der Waals surface area contributed by atoms with Crippen LogP contribution in [0.25, 0.3) is 0 Å². The number of thioether (sulfide) groups is 1. The molecule has 3 aliphatic rings. The second-order valence-electron chi connectivity index (χ2n) is 8.94. The van der Waals surface area contributed by atoms with E-state index in [1.54, 1.807) is 12.1 Å². The molecule has 1 aromatic carbocycles. The summed E-state index contributed by atoms with van der Waals surface area (Å²) >= 11 is 1.53. The maximum Gasteiger partial charge on any atom is 0.233 e. The van der Waals surface area contributed by atoms with Crippen molar-refractivity contribution >= 4 is 17.7 Å². The lowest BCUT2D eigenvalue weighted by Gasteiger charge is -2.34. The predicted octanol–water partition coefficient (Wildman–Crippen LogP) is 5.08. The van der Waals surface area contributed by atoms with Crippen LogP contribution in [0.1, 0.15) is 81.1 Å². The molecule has 3 fully saturated rings. The number of hydrogen-bond acceptors (Lipinski definition) is 4. The number of aromatic nitrogens is 3. The summed E-state index contributed by atoms with van der Waals surface area (Å²) in [6.07, 6.45) is 10.5. The second kappa shape index (κ2) is 8.69. The van der Waals surface area contributed by atoms with Crippen molar-refractivity contribution in [2.75, 3.05) is 5.75 Å². The molecule has 7 heteroatoms. The third-order valence-electron chi connectivity index (χ3n) is 6.47. The Morgan fingerprint density at radius 3 is 2.43 bits per heavy atom. The molecule has 0 N–H and O–H groups in total. The predicted molar refractivity (Wildman–Crippen MR) is 115 cm³/mol. The number of hydrogen-bond donors (Lipinski definition) is 0. The first-order valence-electron chi connectivity index (χ1n) is 11.3. The zero-order chi connectivity index (χ0) is 20.5. The molecule has 0 spiro atoms. The maximum absolute atomic E-state index is 13.3. The lowest BCUT2D eigenvalue weighted by atomic mass is 9.94. The summed E-state index contributed by atoms with van der Waals surface area (Å²) in [6, 6.07) is 7.34. The third-order valence-corrected chi connectivity index (χ3v) is 7.40. The topological polar surface area (TPSA) is 51.0 Å². The van der Waals surface area contributed by atoms with Crippen LogP contribution in [0.4, 0.5) is 4.39 Å². The Balaban J connectivity index is 1.29. The summed E-state index contributed by atoms with van der Waals surface area (Å²) in [7, 11) is 0. The zero-order valence-corrected chi connectivity index (χ0v) is 18.1. The Hall–Kier alpha value is -1.89. The van der Waals surface area contributed by atoms with E-state index in [4.69, 9.17) is 0 Å². The smallest absolute Gasteiger partial charge is 0.233 e. The van der Waals surface area contributed by atoms with E-state index in [-0.39, 0.29) is 17.8 Å². The summed E-state index contributed by atoms with van der Waals surface area (Å²) in [5.41, 5.74) is 0.984. The normalized spacial score (nSPS) is 19.8. The molecular formula is C23H29FN4OS. The lowest BCUT2D eigenvalue weighted by molar-refractivity contribution is -0.132. The Morgan fingerprint density at radius 2 is 1.77 bits per heavy atom. The summed E-state index contributed by atoms with van der Waals surface area (Å²) < 4.78 is 15.6. The van der Waals surface area contributed by atoms with Crippen LogP contribution < -0.4 is 0 Å². The van der Waals surface area contributed by atoms with Crippen LogP contribution in [-0.4, -0.2) is 37.4 Å². The van der Waals surface area contributed by atoms with Gasteiger partial charge in [0, 0.05) is 24.5 Å². The van der Waals surface area contributed by atoms with E-state index in [1.807, 2.05) is 4.90 Å².